The number of thioether (sulfide) groups is 1. The highest BCUT2D eigenvalue weighted by Crippen LogP contribution is 2.33. The number of hydrogen-bond donors (Lipinski definition) is 2. The largest absolute Gasteiger partial charge is 0.497 e. The molecule has 2 aromatic heterocycles. The van der Waals surface area contributed by atoms with Gasteiger partial charge in [0.1, 0.15) is 5.75 Å². The number of halogens is 1. The zero-order valence-corrected chi connectivity index (χ0v) is 21.7. The number of fused-ring (bicyclic) bond motifs is 1. The molecule has 0 saturated carbocycles. The van der Waals surface area contributed by atoms with Crippen molar-refractivity contribution in [3.05, 3.63) is 53.3 Å². The van der Waals surface area contributed by atoms with Gasteiger partial charge < -0.3 is 20.0 Å². The SMILES string of the molecule is COc1ccc2ncc(F)c(C(CCC3CCN(CCSc4cccs4)CC3CC(=O)O)=NO)c2c1. The molecule has 1 aliphatic rings. The number of carboxylic acids is 1. The lowest BCUT2D eigenvalue weighted by Gasteiger charge is -2.38. The van der Waals surface area contributed by atoms with E-state index in [2.05, 4.69) is 26.5 Å². The standard InChI is InChI=1S/C26H30FN3O4S2/c1-34-19-5-7-22-20(14-19)26(21(27)15-28-22)23(29-33)6-4-17-8-9-30(16-18(17)13-24(31)32)10-12-36-25-3-2-11-35-25/h2-3,5,7,11,14-15,17-18,33H,4,6,8-10,12-13,16H2,1H3,(H,31,32). The third-order valence-corrected chi connectivity index (χ3v) is 8.86. The van der Waals surface area contributed by atoms with Crippen molar-refractivity contribution in [3.63, 3.8) is 0 Å². The van der Waals surface area contributed by atoms with Gasteiger partial charge >= 0.3 is 5.97 Å². The zero-order valence-electron chi connectivity index (χ0n) is 20.1. The first-order valence-corrected chi connectivity index (χ1v) is 13.8. The Morgan fingerprint density at radius 2 is 2.22 bits per heavy atom. The highest BCUT2D eigenvalue weighted by atomic mass is 32.2. The Balaban J connectivity index is 1.43. The van der Waals surface area contributed by atoms with E-state index < -0.39 is 11.8 Å². The molecule has 0 bridgehead atoms. The van der Waals surface area contributed by atoms with Crippen molar-refractivity contribution in [1.29, 1.82) is 0 Å². The smallest absolute Gasteiger partial charge is 0.303 e. The second-order valence-electron chi connectivity index (χ2n) is 8.94. The van der Waals surface area contributed by atoms with Gasteiger partial charge in [0.15, 0.2) is 5.82 Å². The summed E-state index contributed by atoms with van der Waals surface area (Å²) in [5.74, 6) is 0.272. The average molecular weight is 532 g/mol. The van der Waals surface area contributed by atoms with E-state index in [-0.39, 0.29) is 29.5 Å². The molecule has 2 N–H and O–H groups in total. The van der Waals surface area contributed by atoms with Crippen molar-refractivity contribution in [3.8, 4) is 5.75 Å². The molecule has 1 aliphatic heterocycles. The summed E-state index contributed by atoms with van der Waals surface area (Å²) >= 11 is 3.55. The van der Waals surface area contributed by atoms with Gasteiger partial charge in [0.2, 0.25) is 0 Å². The van der Waals surface area contributed by atoms with Gasteiger partial charge in [-0.2, -0.15) is 0 Å². The fourth-order valence-electron chi connectivity index (χ4n) is 4.93. The Hall–Kier alpha value is -2.69. The lowest BCUT2D eigenvalue weighted by atomic mass is 9.79. The molecule has 4 rings (SSSR count). The maximum Gasteiger partial charge on any atom is 0.303 e. The summed E-state index contributed by atoms with van der Waals surface area (Å²) in [5, 5.41) is 25.4. The topological polar surface area (TPSA) is 95.2 Å². The monoisotopic (exact) mass is 531 g/mol. The van der Waals surface area contributed by atoms with Crippen LogP contribution in [0.25, 0.3) is 10.9 Å². The molecular weight excluding hydrogens is 501 g/mol. The number of carboxylic acid groups (broad SMARTS) is 1. The summed E-state index contributed by atoms with van der Waals surface area (Å²) in [7, 11) is 1.53. The van der Waals surface area contributed by atoms with Crippen molar-refractivity contribution in [2.24, 2.45) is 17.0 Å². The second kappa shape index (κ2) is 12.5. The maximum atomic E-state index is 14.9. The summed E-state index contributed by atoms with van der Waals surface area (Å²) in [4.78, 5) is 18.1. The van der Waals surface area contributed by atoms with Gasteiger partial charge in [-0.05, 0) is 67.3 Å². The number of piperidine rings is 1. The third kappa shape index (κ3) is 6.54. The molecule has 1 fully saturated rings. The summed E-state index contributed by atoms with van der Waals surface area (Å²) in [6, 6.07) is 9.33. The predicted octanol–water partition coefficient (Wildman–Crippen LogP) is 5.61. The van der Waals surface area contributed by atoms with Crippen LogP contribution in [0.2, 0.25) is 0 Å². The predicted molar refractivity (Wildman–Crippen MR) is 141 cm³/mol. The number of oxime groups is 1. The molecule has 2 unspecified atom stereocenters. The van der Waals surface area contributed by atoms with Crippen LogP contribution < -0.4 is 4.74 Å². The van der Waals surface area contributed by atoms with E-state index in [1.54, 1.807) is 29.5 Å². The minimum atomic E-state index is -0.811. The lowest BCUT2D eigenvalue weighted by molar-refractivity contribution is -0.139. The van der Waals surface area contributed by atoms with Gasteiger partial charge in [-0.1, -0.05) is 11.2 Å². The average Bonchev–Trinajstić information content (AvgIpc) is 3.39. The number of aromatic nitrogens is 1. The van der Waals surface area contributed by atoms with E-state index in [1.807, 2.05) is 17.8 Å². The maximum absolute atomic E-state index is 14.9. The number of pyridine rings is 1. The minimum Gasteiger partial charge on any atom is -0.497 e. The summed E-state index contributed by atoms with van der Waals surface area (Å²) < 4.78 is 21.5. The van der Waals surface area contributed by atoms with Crippen LogP contribution in [0.1, 0.15) is 31.2 Å². The number of ether oxygens (including phenoxy) is 1. The van der Waals surface area contributed by atoms with E-state index >= 15 is 0 Å². The lowest BCUT2D eigenvalue weighted by Crippen LogP contribution is -2.42. The molecule has 0 aliphatic carbocycles. The Morgan fingerprint density at radius 3 is 2.94 bits per heavy atom. The van der Waals surface area contributed by atoms with E-state index in [4.69, 9.17) is 4.74 Å². The number of benzene rings is 1. The second-order valence-corrected chi connectivity index (χ2v) is 11.3. The van der Waals surface area contributed by atoms with Crippen molar-refractivity contribution in [2.75, 3.05) is 32.5 Å². The Kier molecular flexibility index (Phi) is 9.17. The first-order valence-electron chi connectivity index (χ1n) is 11.9. The molecule has 2 atom stereocenters. The molecule has 0 radical (unpaired) electrons. The van der Waals surface area contributed by atoms with E-state index in [9.17, 15) is 19.5 Å². The van der Waals surface area contributed by atoms with E-state index in [0.717, 1.165) is 38.0 Å². The molecule has 7 nitrogen and oxygen atoms in total. The molecule has 1 aromatic carbocycles. The third-order valence-electron chi connectivity index (χ3n) is 6.75. The molecule has 10 heteroatoms. The first-order chi connectivity index (χ1) is 17.5. The van der Waals surface area contributed by atoms with Crippen LogP contribution in [0.5, 0.6) is 5.75 Å². The van der Waals surface area contributed by atoms with Gasteiger partial charge in [0, 0.05) is 36.2 Å². The van der Waals surface area contributed by atoms with Gasteiger partial charge in [-0.25, -0.2) is 4.39 Å². The van der Waals surface area contributed by atoms with Crippen molar-refractivity contribution < 1.29 is 24.2 Å². The van der Waals surface area contributed by atoms with Crippen LogP contribution in [0.15, 0.2) is 51.3 Å². The fraction of sp³-hybridized carbons (Fsp3) is 0.423. The first kappa shape index (κ1) is 26.4. The number of carbonyl (C=O) groups is 1. The molecule has 192 valence electrons. The molecule has 1 saturated heterocycles. The number of likely N-dealkylation sites (tertiary alicyclic amines) is 1. The molecule has 3 heterocycles. The van der Waals surface area contributed by atoms with Crippen LogP contribution in [0, 0.1) is 17.7 Å². The molecular formula is C26H30FN3O4S2. The number of hydrogen-bond acceptors (Lipinski definition) is 8. The van der Waals surface area contributed by atoms with Crippen LogP contribution in [-0.2, 0) is 4.79 Å². The number of methoxy groups -OCH3 is 1. The summed E-state index contributed by atoms with van der Waals surface area (Å²) in [6.45, 7) is 2.52. The molecule has 3 aromatic rings. The number of nitrogens with zero attached hydrogens (tertiary/aromatic N) is 3. The zero-order chi connectivity index (χ0) is 25.5. The Bertz CT molecular complexity index is 1210. The van der Waals surface area contributed by atoms with Crippen LogP contribution in [0.3, 0.4) is 0 Å². The normalized spacial score (nSPS) is 19.0. The quantitative estimate of drug-likeness (QED) is 0.144. The molecule has 0 spiro atoms. The van der Waals surface area contributed by atoms with Crippen molar-refractivity contribution in [2.45, 2.75) is 29.9 Å². The summed E-state index contributed by atoms with van der Waals surface area (Å²) in [5.41, 5.74) is 1.02. The number of rotatable bonds is 11. The Morgan fingerprint density at radius 1 is 1.36 bits per heavy atom. The number of thiophene rings is 1. The van der Waals surface area contributed by atoms with Crippen LogP contribution in [-0.4, -0.2) is 64.4 Å². The van der Waals surface area contributed by atoms with Crippen LogP contribution in [0.4, 0.5) is 4.39 Å². The van der Waals surface area contributed by atoms with Gasteiger partial charge in [-0.3, -0.25) is 9.78 Å². The minimum absolute atomic E-state index is 0.0120. The Labute approximate surface area is 218 Å². The van der Waals surface area contributed by atoms with E-state index in [1.165, 1.54) is 11.3 Å². The van der Waals surface area contributed by atoms with E-state index in [0.29, 0.717) is 29.5 Å². The van der Waals surface area contributed by atoms with Gasteiger partial charge in [0.05, 0.1) is 28.7 Å². The highest BCUT2D eigenvalue weighted by Gasteiger charge is 2.31. The summed E-state index contributed by atoms with van der Waals surface area (Å²) in [6.07, 6.45) is 3.03. The molecule has 0 amide bonds. The van der Waals surface area contributed by atoms with Crippen molar-refractivity contribution in [1.82, 2.24) is 9.88 Å². The van der Waals surface area contributed by atoms with Gasteiger partial charge in [0.25, 0.3) is 0 Å². The number of aliphatic carboxylic acids is 1. The fourth-order valence-corrected chi connectivity index (χ4v) is 6.79. The van der Waals surface area contributed by atoms with Crippen molar-refractivity contribution >= 4 is 45.7 Å². The highest BCUT2D eigenvalue weighted by molar-refractivity contribution is 8.01. The van der Waals surface area contributed by atoms with Gasteiger partial charge in [-0.15, -0.1) is 23.1 Å². The van der Waals surface area contributed by atoms with Crippen LogP contribution >= 0.6 is 23.1 Å². The molecule has 36 heavy (non-hydrogen) atoms.